The van der Waals surface area contributed by atoms with Crippen LogP contribution in [0.1, 0.15) is 45.2 Å². The molecule has 2 amide bonds. The van der Waals surface area contributed by atoms with Crippen molar-refractivity contribution in [3.05, 3.63) is 35.4 Å². The third kappa shape index (κ3) is 8.65. The largest absolute Gasteiger partial charge is 0.480 e. The Bertz CT molecular complexity index is 609. The van der Waals surface area contributed by atoms with Gasteiger partial charge in [0.25, 0.3) is 0 Å². The summed E-state index contributed by atoms with van der Waals surface area (Å²) in [6, 6.07) is 6.92. The molecule has 26 heavy (non-hydrogen) atoms. The standard InChI is InChI=1S/C20H30N2O4/c1-13(2)9-15-5-7-16(8-6-15)11-18(23)21-12-19(24)22-17(20(25)26)10-14(3)4/h5-8,13-14,17H,9-12H2,1-4H3,(H,21,23)(H,22,24)(H,25,26)/t17-/m0/s1. The fourth-order valence-corrected chi connectivity index (χ4v) is 2.63. The van der Waals surface area contributed by atoms with Crippen LogP contribution in [0.3, 0.4) is 0 Å². The van der Waals surface area contributed by atoms with Gasteiger partial charge in [0.15, 0.2) is 0 Å². The summed E-state index contributed by atoms with van der Waals surface area (Å²) in [6.45, 7) is 7.85. The van der Waals surface area contributed by atoms with Gasteiger partial charge in [0, 0.05) is 0 Å². The van der Waals surface area contributed by atoms with Gasteiger partial charge in [0.05, 0.1) is 13.0 Å². The van der Waals surface area contributed by atoms with Crippen LogP contribution in [0.2, 0.25) is 0 Å². The lowest BCUT2D eigenvalue weighted by molar-refractivity contribution is -0.142. The predicted octanol–water partition coefficient (Wildman–Crippen LogP) is 2.16. The molecule has 6 nitrogen and oxygen atoms in total. The second-order valence-electron chi connectivity index (χ2n) is 7.46. The van der Waals surface area contributed by atoms with Crippen molar-refractivity contribution in [3.8, 4) is 0 Å². The molecule has 0 bridgehead atoms. The molecule has 0 aliphatic rings. The van der Waals surface area contributed by atoms with Gasteiger partial charge in [-0.15, -0.1) is 0 Å². The SMILES string of the molecule is CC(C)Cc1ccc(CC(=O)NCC(=O)N[C@@H](CC(C)C)C(=O)O)cc1. The highest BCUT2D eigenvalue weighted by atomic mass is 16.4. The van der Waals surface area contributed by atoms with Gasteiger partial charge >= 0.3 is 5.97 Å². The van der Waals surface area contributed by atoms with Crippen molar-refractivity contribution in [1.29, 1.82) is 0 Å². The van der Waals surface area contributed by atoms with Crippen LogP contribution in [-0.4, -0.2) is 35.5 Å². The topological polar surface area (TPSA) is 95.5 Å². The van der Waals surface area contributed by atoms with Crippen LogP contribution < -0.4 is 10.6 Å². The zero-order valence-electron chi connectivity index (χ0n) is 16.0. The summed E-state index contributed by atoms with van der Waals surface area (Å²) in [6.07, 6.45) is 1.52. The molecule has 0 saturated carbocycles. The summed E-state index contributed by atoms with van der Waals surface area (Å²) < 4.78 is 0. The summed E-state index contributed by atoms with van der Waals surface area (Å²) in [5.74, 6) is -1.12. The lowest BCUT2D eigenvalue weighted by Gasteiger charge is -2.16. The highest BCUT2D eigenvalue weighted by molar-refractivity contribution is 5.88. The average Bonchev–Trinajstić information content (AvgIpc) is 2.53. The van der Waals surface area contributed by atoms with E-state index in [0.29, 0.717) is 12.3 Å². The van der Waals surface area contributed by atoms with E-state index in [1.807, 2.05) is 38.1 Å². The van der Waals surface area contributed by atoms with Gasteiger partial charge in [-0.25, -0.2) is 4.79 Å². The number of amides is 2. The predicted molar refractivity (Wildman–Crippen MR) is 101 cm³/mol. The number of carbonyl (C=O) groups excluding carboxylic acids is 2. The van der Waals surface area contributed by atoms with Crippen LogP contribution in [0.25, 0.3) is 0 Å². The summed E-state index contributed by atoms with van der Waals surface area (Å²) in [5.41, 5.74) is 2.10. The van der Waals surface area contributed by atoms with Gasteiger partial charge in [-0.1, -0.05) is 52.0 Å². The van der Waals surface area contributed by atoms with Gasteiger partial charge in [-0.05, 0) is 35.8 Å². The first-order chi connectivity index (χ1) is 12.2. The Balaban J connectivity index is 2.43. The highest BCUT2D eigenvalue weighted by Gasteiger charge is 2.21. The molecule has 144 valence electrons. The molecule has 0 aliphatic heterocycles. The first-order valence-corrected chi connectivity index (χ1v) is 9.04. The molecule has 3 N–H and O–H groups in total. The number of aliphatic carboxylic acids is 1. The maximum Gasteiger partial charge on any atom is 0.326 e. The lowest BCUT2D eigenvalue weighted by atomic mass is 10.0. The molecule has 6 heteroatoms. The van der Waals surface area contributed by atoms with Crippen LogP contribution in [0, 0.1) is 11.8 Å². The van der Waals surface area contributed by atoms with Crippen molar-refractivity contribution in [2.75, 3.05) is 6.54 Å². The zero-order valence-corrected chi connectivity index (χ0v) is 16.0. The molecule has 0 aliphatic carbocycles. The van der Waals surface area contributed by atoms with E-state index in [1.54, 1.807) is 0 Å². The Hall–Kier alpha value is -2.37. The van der Waals surface area contributed by atoms with Crippen LogP contribution >= 0.6 is 0 Å². The Morgan fingerprint density at radius 2 is 1.50 bits per heavy atom. The number of rotatable bonds is 10. The zero-order chi connectivity index (χ0) is 19.7. The van der Waals surface area contributed by atoms with E-state index in [-0.39, 0.29) is 24.8 Å². The summed E-state index contributed by atoms with van der Waals surface area (Å²) in [4.78, 5) is 35.0. The van der Waals surface area contributed by atoms with Crippen molar-refractivity contribution >= 4 is 17.8 Å². The minimum atomic E-state index is -1.07. The third-order valence-electron chi connectivity index (χ3n) is 3.82. The van der Waals surface area contributed by atoms with Gasteiger partial charge in [-0.2, -0.15) is 0 Å². The fourth-order valence-electron chi connectivity index (χ4n) is 2.63. The fraction of sp³-hybridized carbons (Fsp3) is 0.550. The molecular formula is C20H30N2O4. The van der Waals surface area contributed by atoms with Crippen molar-refractivity contribution in [2.45, 2.75) is 53.0 Å². The number of hydrogen-bond donors (Lipinski definition) is 3. The van der Waals surface area contributed by atoms with E-state index >= 15 is 0 Å². The van der Waals surface area contributed by atoms with E-state index in [1.165, 1.54) is 5.56 Å². The summed E-state index contributed by atoms with van der Waals surface area (Å²) in [7, 11) is 0. The quantitative estimate of drug-likeness (QED) is 0.594. The Morgan fingerprint density at radius 3 is 2.00 bits per heavy atom. The Labute approximate surface area is 155 Å². The Morgan fingerprint density at radius 1 is 0.923 bits per heavy atom. The summed E-state index contributed by atoms with van der Waals surface area (Å²) >= 11 is 0. The number of carbonyl (C=O) groups is 3. The van der Waals surface area contributed by atoms with E-state index in [9.17, 15) is 14.4 Å². The third-order valence-corrected chi connectivity index (χ3v) is 3.82. The summed E-state index contributed by atoms with van der Waals surface area (Å²) in [5, 5.41) is 14.1. The molecular weight excluding hydrogens is 332 g/mol. The average molecular weight is 362 g/mol. The van der Waals surface area contributed by atoms with Gasteiger partial charge < -0.3 is 15.7 Å². The molecule has 0 radical (unpaired) electrons. The highest BCUT2D eigenvalue weighted by Crippen LogP contribution is 2.10. The minimum absolute atomic E-state index is 0.143. The van der Waals surface area contributed by atoms with Crippen molar-refractivity contribution in [3.63, 3.8) is 0 Å². The molecule has 1 atom stereocenters. The van der Waals surface area contributed by atoms with E-state index < -0.39 is 17.9 Å². The Kier molecular flexibility index (Phi) is 8.82. The molecule has 0 heterocycles. The molecule has 0 spiro atoms. The van der Waals surface area contributed by atoms with Crippen molar-refractivity contribution in [2.24, 2.45) is 11.8 Å². The van der Waals surface area contributed by atoms with Gasteiger partial charge in [0.2, 0.25) is 11.8 Å². The number of benzene rings is 1. The number of hydrogen-bond acceptors (Lipinski definition) is 3. The second-order valence-corrected chi connectivity index (χ2v) is 7.46. The first-order valence-electron chi connectivity index (χ1n) is 9.04. The van der Waals surface area contributed by atoms with Crippen LogP contribution in [0.5, 0.6) is 0 Å². The maximum absolute atomic E-state index is 12.0. The molecule has 1 rings (SSSR count). The van der Waals surface area contributed by atoms with Gasteiger partial charge in [0.1, 0.15) is 6.04 Å². The van der Waals surface area contributed by atoms with Crippen LogP contribution in [0.4, 0.5) is 0 Å². The van der Waals surface area contributed by atoms with E-state index in [2.05, 4.69) is 24.5 Å². The van der Waals surface area contributed by atoms with Crippen LogP contribution in [-0.2, 0) is 27.2 Å². The minimum Gasteiger partial charge on any atom is -0.480 e. The first kappa shape index (κ1) is 21.7. The maximum atomic E-state index is 12.0. The van der Waals surface area contributed by atoms with E-state index in [4.69, 9.17) is 5.11 Å². The molecule has 1 aromatic rings. The molecule has 0 unspecified atom stereocenters. The van der Waals surface area contributed by atoms with Crippen molar-refractivity contribution < 1.29 is 19.5 Å². The monoisotopic (exact) mass is 362 g/mol. The van der Waals surface area contributed by atoms with Crippen molar-refractivity contribution in [1.82, 2.24) is 10.6 Å². The smallest absolute Gasteiger partial charge is 0.326 e. The number of carboxylic acid groups (broad SMARTS) is 1. The van der Waals surface area contributed by atoms with Crippen LogP contribution in [0.15, 0.2) is 24.3 Å². The second kappa shape index (κ2) is 10.6. The molecule has 0 saturated heterocycles. The van der Waals surface area contributed by atoms with Gasteiger partial charge in [-0.3, -0.25) is 9.59 Å². The molecule has 0 fully saturated rings. The normalized spacial score (nSPS) is 12.1. The molecule has 0 aromatic heterocycles. The molecule has 1 aromatic carbocycles. The van der Waals surface area contributed by atoms with E-state index in [0.717, 1.165) is 12.0 Å². The number of carboxylic acids is 1. The number of nitrogens with one attached hydrogen (secondary N) is 2. The lowest BCUT2D eigenvalue weighted by Crippen LogP contribution is -2.46.